The van der Waals surface area contributed by atoms with E-state index in [1.54, 1.807) is 6.20 Å². The summed E-state index contributed by atoms with van der Waals surface area (Å²) in [6, 6.07) is 6.04. The molecule has 23 heavy (non-hydrogen) atoms. The number of pyridine rings is 1. The summed E-state index contributed by atoms with van der Waals surface area (Å²) in [5, 5.41) is 0. The van der Waals surface area contributed by atoms with E-state index in [1.165, 1.54) is 6.42 Å². The molecule has 1 saturated heterocycles. The van der Waals surface area contributed by atoms with Crippen LogP contribution in [0, 0.1) is 5.92 Å². The van der Waals surface area contributed by atoms with E-state index in [2.05, 4.69) is 23.0 Å². The average Bonchev–Trinajstić information content (AvgIpc) is 3.03. The van der Waals surface area contributed by atoms with E-state index in [-0.39, 0.29) is 5.91 Å². The minimum Gasteiger partial charge on any atom is -0.341 e. The molecular formula is C18H24N4O. The number of piperidine rings is 1. The molecule has 5 nitrogen and oxygen atoms in total. The van der Waals surface area contributed by atoms with Crippen LogP contribution in [0.3, 0.4) is 0 Å². The lowest BCUT2D eigenvalue weighted by molar-refractivity contribution is -0.133. The largest absolute Gasteiger partial charge is 0.341 e. The van der Waals surface area contributed by atoms with Crippen LogP contribution in [0.5, 0.6) is 0 Å². The molecule has 0 aliphatic carbocycles. The molecule has 2 aromatic heterocycles. The molecule has 0 radical (unpaired) electrons. The fourth-order valence-corrected chi connectivity index (χ4v) is 3.32. The lowest BCUT2D eigenvalue weighted by atomic mass is 9.93. The van der Waals surface area contributed by atoms with Crippen molar-refractivity contribution in [2.24, 2.45) is 5.92 Å². The van der Waals surface area contributed by atoms with E-state index in [1.807, 2.05) is 34.0 Å². The number of nitrogens with zero attached hydrogens (tertiary/aromatic N) is 4. The lowest BCUT2D eigenvalue weighted by Crippen LogP contribution is -2.42. The van der Waals surface area contributed by atoms with Gasteiger partial charge < -0.3 is 9.47 Å². The highest BCUT2D eigenvalue weighted by Gasteiger charge is 2.24. The van der Waals surface area contributed by atoms with E-state index in [4.69, 9.17) is 0 Å². The van der Waals surface area contributed by atoms with Gasteiger partial charge in [0.05, 0.1) is 0 Å². The first-order valence-corrected chi connectivity index (χ1v) is 8.44. The van der Waals surface area contributed by atoms with Gasteiger partial charge in [0, 0.05) is 43.8 Å². The molecule has 3 rings (SSSR count). The van der Waals surface area contributed by atoms with Gasteiger partial charge in [-0.05, 0) is 37.3 Å². The molecule has 5 heteroatoms. The van der Waals surface area contributed by atoms with E-state index in [9.17, 15) is 4.79 Å². The summed E-state index contributed by atoms with van der Waals surface area (Å²) < 4.78 is 1.96. The predicted molar refractivity (Wildman–Crippen MR) is 88.9 cm³/mol. The van der Waals surface area contributed by atoms with Gasteiger partial charge >= 0.3 is 0 Å². The summed E-state index contributed by atoms with van der Waals surface area (Å²) in [6.07, 6.45) is 9.56. The summed E-state index contributed by atoms with van der Waals surface area (Å²) in [7, 11) is 0. The molecule has 0 aromatic carbocycles. The van der Waals surface area contributed by atoms with Crippen LogP contribution in [0.1, 0.15) is 31.3 Å². The van der Waals surface area contributed by atoms with Crippen LogP contribution in [0.15, 0.2) is 36.8 Å². The van der Waals surface area contributed by atoms with Crippen molar-refractivity contribution in [3.05, 3.63) is 48.3 Å². The Morgan fingerprint density at radius 2 is 2.22 bits per heavy atom. The monoisotopic (exact) mass is 312 g/mol. The molecule has 3 heterocycles. The highest BCUT2D eigenvalue weighted by molar-refractivity contribution is 5.76. The second kappa shape index (κ2) is 7.40. The first-order chi connectivity index (χ1) is 11.3. The summed E-state index contributed by atoms with van der Waals surface area (Å²) in [6.45, 7) is 4.17. The molecule has 0 bridgehead atoms. The Morgan fingerprint density at radius 1 is 1.30 bits per heavy atom. The van der Waals surface area contributed by atoms with Crippen molar-refractivity contribution in [2.45, 2.75) is 39.2 Å². The molecule has 1 aliphatic heterocycles. The molecule has 0 unspecified atom stereocenters. The molecule has 2 aromatic rings. The Morgan fingerprint density at radius 3 is 3.00 bits per heavy atom. The van der Waals surface area contributed by atoms with Gasteiger partial charge in [0.1, 0.15) is 12.4 Å². The molecule has 1 amide bonds. The Kier molecular flexibility index (Phi) is 5.05. The van der Waals surface area contributed by atoms with Gasteiger partial charge in [-0.1, -0.05) is 13.0 Å². The van der Waals surface area contributed by atoms with Gasteiger partial charge in [-0.15, -0.1) is 0 Å². The van der Waals surface area contributed by atoms with E-state index in [0.29, 0.717) is 12.5 Å². The third-order valence-electron chi connectivity index (χ3n) is 4.52. The third-order valence-corrected chi connectivity index (χ3v) is 4.52. The number of imidazole rings is 1. The first kappa shape index (κ1) is 15.7. The SMILES string of the molecule is CCc1nccn1CC(=O)N1CCC[C@@H](Cc2ccccn2)C1. The van der Waals surface area contributed by atoms with Crippen molar-refractivity contribution in [1.82, 2.24) is 19.4 Å². The van der Waals surface area contributed by atoms with Crippen molar-refractivity contribution in [3.63, 3.8) is 0 Å². The van der Waals surface area contributed by atoms with Crippen LogP contribution in [-0.2, 0) is 24.2 Å². The van der Waals surface area contributed by atoms with Crippen LogP contribution in [0.25, 0.3) is 0 Å². The standard InChI is InChI=1S/C18H24N4O/c1-2-17-20-9-11-21(17)14-18(23)22-10-5-6-15(13-22)12-16-7-3-4-8-19-16/h3-4,7-9,11,15H,2,5-6,10,12-14H2,1H3/t15-/m0/s1. The second-order valence-electron chi connectivity index (χ2n) is 6.20. The summed E-state index contributed by atoms with van der Waals surface area (Å²) in [4.78, 5) is 23.3. The second-order valence-corrected chi connectivity index (χ2v) is 6.20. The lowest BCUT2D eigenvalue weighted by Gasteiger charge is -2.33. The Balaban J connectivity index is 1.58. The van der Waals surface area contributed by atoms with Gasteiger partial charge in [0.2, 0.25) is 5.91 Å². The zero-order chi connectivity index (χ0) is 16.1. The summed E-state index contributed by atoms with van der Waals surface area (Å²) in [5.41, 5.74) is 1.12. The minimum atomic E-state index is 0.198. The van der Waals surface area contributed by atoms with Crippen molar-refractivity contribution in [1.29, 1.82) is 0 Å². The Labute approximate surface area is 137 Å². The maximum absolute atomic E-state index is 12.6. The van der Waals surface area contributed by atoms with Gasteiger partial charge in [0.15, 0.2) is 0 Å². The van der Waals surface area contributed by atoms with Crippen molar-refractivity contribution in [2.75, 3.05) is 13.1 Å². The minimum absolute atomic E-state index is 0.198. The van der Waals surface area contributed by atoms with Crippen LogP contribution in [-0.4, -0.2) is 38.4 Å². The number of carbonyl (C=O) groups is 1. The van der Waals surface area contributed by atoms with Crippen molar-refractivity contribution < 1.29 is 4.79 Å². The van der Waals surface area contributed by atoms with E-state index >= 15 is 0 Å². The molecule has 122 valence electrons. The predicted octanol–water partition coefficient (Wildman–Crippen LogP) is 2.32. The molecule has 0 saturated carbocycles. The Bertz CT molecular complexity index is 637. The first-order valence-electron chi connectivity index (χ1n) is 8.44. The molecule has 0 spiro atoms. The van der Waals surface area contributed by atoms with Gasteiger partial charge in [0.25, 0.3) is 0 Å². The number of rotatable bonds is 5. The number of hydrogen-bond donors (Lipinski definition) is 0. The van der Waals surface area contributed by atoms with Crippen LogP contribution in [0.2, 0.25) is 0 Å². The summed E-state index contributed by atoms with van der Waals surface area (Å²) in [5.74, 6) is 1.68. The third kappa shape index (κ3) is 3.97. The number of hydrogen-bond acceptors (Lipinski definition) is 3. The maximum Gasteiger partial charge on any atom is 0.242 e. The van der Waals surface area contributed by atoms with Crippen LogP contribution in [0.4, 0.5) is 0 Å². The van der Waals surface area contributed by atoms with Gasteiger partial charge in [-0.2, -0.15) is 0 Å². The molecule has 1 aliphatic rings. The number of likely N-dealkylation sites (tertiary alicyclic amines) is 1. The zero-order valence-electron chi connectivity index (χ0n) is 13.7. The van der Waals surface area contributed by atoms with Gasteiger partial charge in [-0.25, -0.2) is 4.98 Å². The Hall–Kier alpha value is -2.17. The fourth-order valence-electron chi connectivity index (χ4n) is 3.32. The van der Waals surface area contributed by atoms with Crippen molar-refractivity contribution in [3.8, 4) is 0 Å². The van der Waals surface area contributed by atoms with Gasteiger partial charge in [-0.3, -0.25) is 9.78 Å². The van der Waals surface area contributed by atoms with E-state index < -0.39 is 0 Å². The highest BCUT2D eigenvalue weighted by atomic mass is 16.2. The molecule has 0 N–H and O–H groups in total. The van der Waals surface area contributed by atoms with Crippen LogP contribution >= 0.6 is 0 Å². The molecular weight excluding hydrogens is 288 g/mol. The zero-order valence-corrected chi connectivity index (χ0v) is 13.7. The number of carbonyl (C=O) groups excluding carboxylic acids is 1. The smallest absolute Gasteiger partial charge is 0.242 e. The normalized spacial score (nSPS) is 18.1. The highest BCUT2D eigenvalue weighted by Crippen LogP contribution is 2.20. The molecule has 1 atom stereocenters. The van der Waals surface area contributed by atoms with Crippen LogP contribution < -0.4 is 0 Å². The summed E-state index contributed by atoms with van der Waals surface area (Å²) >= 11 is 0. The topological polar surface area (TPSA) is 51.0 Å². The maximum atomic E-state index is 12.6. The fraction of sp³-hybridized carbons (Fsp3) is 0.500. The molecule has 1 fully saturated rings. The number of amides is 1. The number of aryl methyl sites for hydroxylation is 1. The van der Waals surface area contributed by atoms with E-state index in [0.717, 1.165) is 43.9 Å². The average molecular weight is 312 g/mol. The van der Waals surface area contributed by atoms with Crippen molar-refractivity contribution >= 4 is 5.91 Å². The quantitative estimate of drug-likeness (QED) is 0.851. The number of aromatic nitrogens is 3.